The number of hydrogen-bond acceptors (Lipinski definition) is 4. The van der Waals surface area contributed by atoms with Crippen LogP contribution < -0.4 is 5.32 Å². The number of esters is 1. The molecule has 0 aromatic rings. The zero-order valence-electron chi connectivity index (χ0n) is 7.59. The zero-order chi connectivity index (χ0) is 9.56. The normalized spacial score (nSPS) is 9.67. The first-order valence-electron chi connectivity index (χ1n) is 3.56. The van der Waals surface area contributed by atoms with Crippen LogP contribution in [0.1, 0.15) is 0 Å². The molecule has 0 fully saturated rings. The fourth-order valence-corrected chi connectivity index (χ4v) is 0.665. The highest BCUT2D eigenvalue weighted by molar-refractivity contribution is 5.78. The summed E-state index contributed by atoms with van der Waals surface area (Å²) in [6, 6.07) is 0. The van der Waals surface area contributed by atoms with Crippen molar-refractivity contribution in [3.05, 3.63) is 0 Å². The van der Waals surface area contributed by atoms with Gasteiger partial charge in [0, 0.05) is 7.05 Å². The van der Waals surface area contributed by atoms with Gasteiger partial charge in [0.2, 0.25) is 5.91 Å². The van der Waals surface area contributed by atoms with Gasteiger partial charge in [0.1, 0.15) is 0 Å². The highest BCUT2D eigenvalue weighted by atomic mass is 16.5. The molecule has 0 saturated heterocycles. The SMILES string of the molecule is CNC(=O)CN(C)CC(=O)OC. The number of likely N-dealkylation sites (N-methyl/N-ethyl adjacent to an activating group) is 2. The Kier molecular flexibility index (Phi) is 5.03. The lowest BCUT2D eigenvalue weighted by atomic mass is 10.5. The summed E-state index contributed by atoms with van der Waals surface area (Å²) in [7, 11) is 4.54. The molecule has 0 spiro atoms. The molecule has 0 unspecified atom stereocenters. The molecule has 1 amide bonds. The highest BCUT2D eigenvalue weighted by Gasteiger charge is 2.08. The quantitative estimate of drug-likeness (QED) is 0.546. The zero-order valence-corrected chi connectivity index (χ0v) is 7.59. The molecule has 0 aromatic heterocycles. The first-order valence-corrected chi connectivity index (χ1v) is 3.56. The van der Waals surface area contributed by atoms with E-state index in [1.54, 1.807) is 19.0 Å². The van der Waals surface area contributed by atoms with Crippen LogP contribution in [-0.2, 0) is 14.3 Å². The molecule has 1 N–H and O–H groups in total. The second-order valence-corrected chi connectivity index (χ2v) is 2.42. The molecule has 5 heteroatoms. The molecular formula is C7H14N2O3. The molecule has 0 saturated carbocycles. The van der Waals surface area contributed by atoms with Gasteiger partial charge >= 0.3 is 5.97 Å². The van der Waals surface area contributed by atoms with Gasteiger partial charge in [0.15, 0.2) is 0 Å². The Bertz CT molecular complexity index is 152. The van der Waals surface area contributed by atoms with Crippen molar-refractivity contribution < 1.29 is 14.3 Å². The lowest BCUT2D eigenvalue weighted by molar-refractivity contribution is -0.141. The molecule has 0 bridgehead atoms. The number of amides is 1. The maximum atomic E-state index is 10.8. The van der Waals surface area contributed by atoms with E-state index in [4.69, 9.17) is 0 Å². The Morgan fingerprint density at radius 1 is 1.42 bits per heavy atom. The smallest absolute Gasteiger partial charge is 0.319 e. The van der Waals surface area contributed by atoms with E-state index in [1.165, 1.54) is 7.11 Å². The van der Waals surface area contributed by atoms with E-state index < -0.39 is 0 Å². The van der Waals surface area contributed by atoms with Gasteiger partial charge < -0.3 is 10.1 Å². The number of carbonyl (C=O) groups is 2. The number of hydrogen-bond donors (Lipinski definition) is 1. The number of rotatable bonds is 4. The molecule has 0 aliphatic carbocycles. The molecule has 0 aliphatic rings. The van der Waals surface area contributed by atoms with Crippen LogP contribution in [0.2, 0.25) is 0 Å². The Morgan fingerprint density at radius 2 is 2.00 bits per heavy atom. The molecule has 0 aromatic carbocycles. The summed E-state index contributed by atoms with van der Waals surface area (Å²) in [6.45, 7) is 0.329. The third kappa shape index (κ3) is 4.68. The van der Waals surface area contributed by atoms with Crippen LogP contribution in [0.5, 0.6) is 0 Å². The van der Waals surface area contributed by atoms with Crippen LogP contribution in [0.4, 0.5) is 0 Å². The number of nitrogens with zero attached hydrogens (tertiary/aromatic N) is 1. The van der Waals surface area contributed by atoms with Gasteiger partial charge in [-0.05, 0) is 7.05 Å². The van der Waals surface area contributed by atoms with E-state index >= 15 is 0 Å². The van der Waals surface area contributed by atoms with Crippen molar-refractivity contribution in [2.45, 2.75) is 0 Å². The van der Waals surface area contributed by atoms with Crippen molar-refractivity contribution >= 4 is 11.9 Å². The van der Waals surface area contributed by atoms with Crippen LogP contribution >= 0.6 is 0 Å². The molecule has 70 valence electrons. The first kappa shape index (κ1) is 10.9. The predicted molar refractivity (Wildman–Crippen MR) is 43.6 cm³/mol. The summed E-state index contributed by atoms with van der Waals surface area (Å²) in [4.78, 5) is 23.1. The van der Waals surface area contributed by atoms with Crippen LogP contribution in [-0.4, -0.2) is 51.1 Å². The number of ether oxygens (including phenoxy) is 1. The Morgan fingerprint density at radius 3 is 2.42 bits per heavy atom. The summed E-state index contributed by atoms with van der Waals surface area (Å²) in [5, 5.41) is 2.45. The number of carbonyl (C=O) groups excluding carboxylic acids is 2. The Balaban J connectivity index is 3.66. The molecule has 0 aliphatic heterocycles. The summed E-state index contributed by atoms with van der Waals surface area (Å²) < 4.78 is 4.42. The third-order valence-electron chi connectivity index (χ3n) is 1.32. The topological polar surface area (TPSA) is 58.6 Å². The summed E-state index contributed by atoms with van der Waals surface area (Å²) in [5.41, 5.74) is 0. The average molecular weight is 174 g/mol. The van der Waals surface area contributed by atoms with Crippen molar-refractivity contribution in [3.8, 4) is 0 Å². The van der Waals surface area contributed by atoms with Crippen LogP contribution in [0.3, 0.4) is 0 Å². The predicted octanol–water partition coefficient (Wildman–Crippen LogP) is -1.16. The third-order valence-corrected chi connectivity index (χ3v) is 1.32. The number of nitrogens with one attached hydrogen (secondary N) is 1. The fourth-order valence-electron chi connectivity index (χ4n) is 0.665. The van der Waals surface area contributed by atoms with E-state index in [9.17, 15) is 9.59 Å². The molecule has 5 nitrogen and oxygen atoms in total. The van der Waals surface area contributed by atoms with Gasteiger partial charge in [-0.3, -0.25) is 14.5 Å². The lowest BCUT2D eigenvalue weighted by Gasteiger charge is -2.12. The molecule has 0 rings (SSSR count). The maximum Gasteiger partial charge on any atom is 0.319 e. The van der Waals surface area contributed by atoms with E-state index in [1.807, 2.05) is 0 Å². The second-order valence-electron chi connectivity index (χ2n) is 2.42. The molecule has 0 heterocycles. The lowest BCUT2D eigenvalue weighted by Crippen LogP contribution is -2.36. The minimum Gasteiger partial charge on any atom is -0.468 e. The molecule has 0 radical (unpaired) electrons. The van der Waals surface area contributed by atoms with Crippen LogP contribution in [0.15, 0.2) is 0 Å². The van der Waals surface area contributed by atoms with Gasteiger partial charge in [-0.2, -0.15) is 0 Å². The standard InChI is InChI=1S/C7H14N2O3/c1-8-6(10)4-9(2)5-7(11)12-3/h4-5H2,1-3H3,(H,8,10). The van der Waals surface area contributed by atoms with Crippen molar-refractivity contribution in [2.75, 3.05) is 34.3 Å². The second kappa shape index (κ2) is 5.54. The number of methoxy groups -OCH3 is 1. The van der Waals surface area contributed by atoms with Gasteiger partial charge in [-0.15, -0.1) is 0 Å². The van der Waals surface area contributed by atoms with Crippen molar-refractivity contribution in [1.29, 1.82) is 0 Å². The summed E-state index contributed by atoms with van der Waals surface area (Å²) in [5.74, 6) is -0.470. The van der Waals surface area contributed by atoms with E-state index in [-0.39, 0.29) is 25.0 Å². The monoisotopic (exact) mass is 174 g/mol. The Hall–Kier alpha value is -1.10. The van der Waals surface area contributed by atoms with Crippen LogP contribution in [0.25, 0.3) is 0 Å². The van der Waals surface area contributed by atoms with E-state index in [0.717, 1.165) is 0 Å². The van der Waals surface area contributed by atoms with E-state index in [2.05, 4.69) is 10.1 Å². The summed E-state index contributed by atoms with van der Waals surface area (Å²) >= 11 is 0. The van der Waals surface area contributed by atoms with Crippen LogP contribution in [0, 0.1) is 0 Å². The van der Waals surface area contributed by atoms with Crippen molar-refractivity contribution in [1.82, 2.24) is 10.2 Å². The van der Waals surface area contributed by atoms with Crippen molar-refractivity contribution in [2.24, 2.45) is 0 Å². The first-order chi connectivity index (χ1) is 5.60. The minimum atomic E-state index is -0.346. The van der Waals surface area contributed by atoms with Gasteiger partial charge in [-0.1, -0.05) is 0 Å². The Labute approximate surface area is 71.7 Å². The van der Waals surface area contributed by atoms with Gasteiger partial charge in [0.25, 0.3) is 0 Å². The minimum absolute atomic E-state index is 0.124. The largest absolute Gasteiger partial charge is 0.468 e. The fraction of sp³-hybridized carbons (Fsp3) is 0.714. The molecule has 0 atom stereocenters. The highest BCUT2D eigenvalue weighted by Crippen LogP contribution is 1.83. The molecule has 12 heavy (non-hydrogen) atoms. The van der Waals surface area contributed by atoms with Gasteiger partial charge in [-0.25, -0.2) is 0 Å². The molecular weight excluding hydrogens is 160 g/mol. The van der Waals surface area contributed by atoms with E-state index in [0.29, 0.717) is 0 Å². The van der Waals surface area contributed by atoms with Gasteiger partial charge in [0.05, 0.1) is 20.2 Å². The average Bonchev–Trinajstić information content (AvgIpc) is 2.03. The summed E-state index contributed by atoms with van der Waals surface area (Å²) in [6.07, 6.45) is 0. The maximum absolute atomic E-state index is 10.8. The van der Waals surface area contributed by atoms with Crippen molar-refractivity contribution in [3.63, 3.8) is 0 Å².